The van der Waals surface area contributed by atoms with E-state index in [1.165, 1.54) is 16.3 Å². The van der Waals surface area contributed by atoms with E-state index in [0.29, 0.717) is 18.3 Å². The lowest BCUT2D eigenvalue weighted by Crippen LogP contribution is -2.35. The van der Waals surface area contributed by atoms with Crippen molar-refractivity contribution in [2.75, 3.05) is 7.05 Å². The molecule has 246 valence electrons. The average molecular weight is 637 g/mol. The van der Waals surface area contributed by atoms with Gasteiger partial charge in [-0.25, -0.2) is 0 Å². The quantitative estimate of drug-likeness (QED) is 0.0774. The van der Waals surface area contributed by atoms with E-state index in [1.54, 1.807) is 32.1 Å². The van der Waals surface area contributed by atoms with Crippen molar-refractivity contribution in [3.63, 3.8) is 0 Å². The largest absolute Gasteiger partial charge is 0.343 e. The van der Waals surface area contributed by atoms with Gasteiger partial charge in [-0.3, -0.25) is 19.3 Å². The first-order chi connectivity index (χ1) is 22.7. The minimum atomic E-state index is -0.338. The number of Topliss-reactive ketones (excluding diaryl/α,β-unsaturated/α-hetero) is 1. The maximum absolute atomic E-state index is 12.8. The second-order valence-electron chi connectivity index (χ2n) is 11.6. The van der Waals surface area contributed by atoms with Crippen LogP contribution in [0.3, 0.4) is 0 Å². The molecule has 7 heteroatoms. The summed E-state index contributed by atoms with van der Waals surface area (Å²) in [5.41, 5.74) is 3.45. The third-order valence-electron chi connectivity index (χ3n) is 8.25. The van der Waals surface area contributed by atoms with Gasteiger partial charge in [-0.05, 0) is 93.1 Å². The van der Waals surface area contributed by atoms with E-state index in [2.05, 4.69) is 76.8 Å². The highest BCUT2D eigenvalue weighted by molar-refractivity contribution is 6.24. The number of amides is 1. The maximum atomic E-state index is 12.8. The Bertz CT molecular complexity index is 1700. The highest BCUT2D eigenvalue weighted by Gasteiger charge is 2.46. The number of aldehydes is 1. The summed E-state index contributed by atoms with van der Waals surface area (Å²) in [6.07, 6.45) is 12.6. The molecule has 2 aliphatic carbocycles. The van der Waals surface area contributed by atoms with Gasteiger partial charge < -0.3 is 10.6 Å². The summed E-state index contributed by atoms with van der Waals surface area (Å²) >= 11 is 0. The molecular weight excluding hydrogens is 591 g/mol. The molecule has 2 saturated carbocycles. The number of ketones is 1. The Labute approximate surface area is 278 Å². The molecule has 2 N–H and O–H groups in total. The molecule has 0 saturated heterocycles. The molecule has 1 amide bonds. The van der Waals surface area contributed by atoms with Crippen LogP contribution in [0.5, 0.6) is 0 Å². The molecule has 5 rings (SSSR count). The van der Waals surface area contributed by atoms with Crippen LogP contribution in [-0.2, 0) is 26.5 Å². The molecule has 0 aliphatic heterocycles. The third-order valence-corrected chi connectivity index (χ3v) is 8.25. The second kappa shape index (κ2) is 17.8. The monoisotopic (exact) mass is 636 g/mol. The number of carbonyl (C=O) groups is 3. The fourth-order valence-electron chi connectivity index (χ4n) is 4.82. The number of benzene rings is 3. The zero-order valence-electron chi connectivity index (χ0n) is 28.0. The molecule has 0 unspecified atom stereocenters. The predicted molar refractivity (Wildman–Crippen MR) is 187 cm³/mol. The van der Waals surface area contributed by atoms with E-state index < -0.39 is 0 Å². The molecule has 0 radical (unpaired) electrons. The van der Waals surface area contributed by atoms with Crippen LogP contribution in [0.15, 0.2) is 102 Å². The fourth-order valence-corrected chi connectivity index (χ4v) is 4.82. The molecule has 0 aromatic heterocycles. The average Bonchev–Trinajstić information content (AvgIpc) is 4.06. The molecule has 3 aromatic rings. The first-order valence-corrected chi connectivity index (χ1v) is 16.1. The van der Waals surface area contributed by atoms with Crippen LogP contribution in [0.2, 0.25) is 0 Å². The van der Waals surface area contributed by atoms with Gasteiger partial charge in [0.2, 0.25) is 0 Å². The number of hydrogen-bond donors (Lipinski definition) is 2. The lowest BCUT2D eigenvalue weighted by atomic mass is 9.99. The zero-order valence-corrected chi connectivity index (χ0v) is 28.0. The number of halogens is 1. The van der Waals surface area contributed by atoms with Crippen molar-refractivity contribution >= 4 is 28.7 Å². The van der Waals surface area contributed by atoms with Gasteiger partial charge >= 0.3 is 0 Å². The Hall–Kier alpha value is -4.80. The normalized spacial score (nSPS) is 15.5. The number of allylic oxidation sites excluding steroid dienone is 5. The minimum Gasteiger partial charge on any atom is -0.343 e. The van der Waals surface area contributed by atoms with E-state index in [4.69, 9.17) is 0 Å². The van der Waals surface area contributed by atoms with Gasteiger partial charge in [0.15, 0.2) is 17.8 Å². The molecule has 0 bridgehead atoms. The van der Waals surface area contributed by atoms with E-state index in [0.717, 1.165) is 43.2 Å². The molecule has 0 spiro atoms. The maximum Gasteiger partial charge on any atom is 0.252 e. The van der Waals surface area contributed by atoms with E-state index in [-0.39, 0.29) is 28.5 Å². The highest BCUT2D eigenvalue weighted by Crippen LogP contribution is 2.46. The lowest BCUT2D eigenvalue weighted by molar-refractivity contribution is -0.129. The number of rotatable bonds is 10. The molecule has 3 aromatic carbocycles. The van der Waals surface area contributed by atoms with Gasteiger partial charge in [-0.2, -0.15) is 0 Å². The van der Waals surface area contributed by atoms with Crippen molar-refractivity contribution < 1.29 is 23.9 Å². The van der Waals surface area contributed by atoms with Crippen LogP contribution < -0.4 is 10.6 Å². The topological polar surface area (TPSA) is 84.5 Å². The number of aryl methyl sites for hydroxylation is 1. The molecule has 0 heterocycles. The first-order valence-electron chi connectivity index (χ1n) is 16.1. The molecular formula is C40H45FN2O4. The Morgan fingerprint density at radius 1 is 0.957 bits per heavy atom. The SMILES string of the molecule is C/C=C/C=C\C(OF)=C(/C)C#CC1(NC)CC1.CCC(=O)C=O.CCc1ccccc1C(=O)NC1(c2ccc3ccccc3c2)CC1. The summed E-state index contributed by atoms with van der Waals surface area (Å²) in [7, 11) is 1.89. The number of nitrogens with one attached hydrogen (secondary N) is 2. The number of carbonyl (C=O) groups excluding carboxylic acids is 3. The van der Waals surface area contributed by atoms with Gasteiger partial charge in [0.1, 0.15) is 0 Å². The van der Waals surface area contributed by atoms with Crippen molar-refractivity contribution in [3.05, 3.63) is 119 Å². The molecule has 2 fully saturated rings. The third kappa shape index (κ3) is 10.6. The Morgan fingerprint density at radius 3 is 2.19 bits per heavy atom. The molecule has 6 nitrogen and oxygen atoms in total. The molecule has 0 atom stereocenters. The van der Waals surface area contributed by atoms with Crippen LogP contribution in [-0.4, -0.2) is 30.6 Å². The van der Waals surface area contributed by atoms with Crippen molar-refractivity contribution in [2.45, 2.75) is 77.3 Å². The Morgan fingerprint density at radius 2 is 1.64 bits per heavy atom. The fraction of sp³-hybridized carbons (Fsp3) is 0.325. The molecule has 47 heavy (non-hydrogen) atoms. The number of fused-ring (bicyclic) bond motifs is 1. The summed E-state index contributed by atoms with van der Waals surface area (Å²) in [6, 6.07) is 22.8. The van der Waals surface area contributed by atoms with Crippen LogP contribution in [0.4, 0.5) is 4.53 Å². The lowest BCUT2D eigenvalue weighted by Gasteiger charge is -2.19. The van der Waals surface area contributed by atoms with Crippen molar-refractivity contribution in [1.29, 1.82) is 0 Å². The minimum absolute atomic E-state index is 0.0399. The van der Waals surface area contributed by atoms with Crippen molar-refractivity contribution in [1.82, 2.24) is 10.6 Å². The second-order valence-corrected chi connectivity index (χ2v) is 11.6. The van der Waals surface area contributed by atoms with Gasteiger partial charge in [0, 0.05) is 22.1 Å². The smallest absolute Gasteiger partial charge is 0.252 e. The van der Waals surface area contributed by atoms with Gasteiger partial charge in [0.05, 0.1) is 11.1 Å². The van der Waals surface area contributed by atoms with Crippen LogP contribution in [0, 0.1) is 11.8 Å². The van der Waals surface area contributed by atoms with Crippen LogP contribution in [0.25, 0.3) is 10.8 Å². The van der Waals surface area contributed by atoms with Crippen LogP contribution in [0.1, 0.15) is 81.3 Å². The van der Waals surface area contributed by atoms with Crippen molar-refractivity contribution in [2.24, 2.45) is 0 Å². The predicted octanol–water partition coefficient (Wildman–Crippen LogP) is 8.03. The van der Waals surface area contributed by atoms with Gasteiger partial charge in [-0.1, -0.05) is 98.5 Å². The van der Waals surface area contributed by atoms with Crippen molar-refractivity contribution in [3.8, 4) is 11.8 Å². The summed E-state index contributed by atoms with van der Waals surface area (Å²) in [5.74, 6) is 5.91. The van der Waals surface area contributed by atoms with Gasteiger partial charge in [-0.15, -0.1) is 0 Å². The zero-order chi connectivity index (χ0) is 34.3. The van der Waals surface area contributed by atoms with E-state index in [1.807, 2.05) is 44.3 Å². The Balaban J connectivity index is 0.000000228. The van der Waals surface area contributed by atoms with Crippen LogP contribution >= 0.6 is 0 Å². The highest BCUT2D eigenvalue weighted by atomic mass is 19.3. The summed E-state index contributed by atoms with van der Waals surface area (Å²) in [4.78, 5) is 35.8. The number of hydrogen-bond acceptors (Lipinski definition) is 5. The van der Waals surface area contributed by atoms with E-state index in [9.17, 15) is 18.9 Å². The Kier molecular flexibility index (Phi) is 13.9. The molecule has 2 aliphatic rings. The van der Waals surface area contributed by atoms with Gasteiger partial charge in [0.25, 0.3) is 5.91 Å². The standard InChI is InChI=1S/C22H21NO.C14H18FNO.C4H6O2/c1-2-16-7-5-6-10-20(16)21(24)23-22(13-14-22)19-12-11-17-8-3-4-9-18(17)15-19;1-4-5-6-7-13(17-15)12(2)8-9-14(16-3)10-11-14;1-2-4(6)3-5/h3-12,15H,2,13-14H2,1H3,(H,23,24);4-7,16H,10-11H2,1-3H3;3H,2H2,1H3/b;5-4+,7-6-,13-12-;. The summed E-state index contributed by atoms with van der Waals surface area (Å²) < 4.78 is 12.3. The summed E-state index contributed by atoms with van der Waals surface area (Å²) in [6.45, 7) is 7.37. The van der Waals surface area contributed by atoms with E-state index >= 15 is 0 Å². The summed E-state index contributed by atoms with van der Waals surface area (Å²) in [5, 5.41) is 8.92. The first kappa shape index (κ1) is 36.7.